The molecule has 2 atom stereocenters. The number of hydrogen-bond donors (Lipinski definition) is 2. The fourth-order valence-corrected chi connectivity index (χ4v) is 0.954. The molecule has 0 fully saturated rings. The molecule has 0 aromatic carbocycles. The van der Waals surface area contributed by atoms with E-state index in [0.717, 1.165) is 0 Å². The first-order chi connectivity index (χ1) is 4.57. The molecule has 0 aliphatic heterocycles. The van der Waals surface area contributed by atoms with Gasteiger partial charge in [-0.05, 0) is 12.7 Å². The van der Waals surface area contributed by atoms with Gasteiger partial charge >= 0.3 is 5.97 Å². The summed E-state index contributed by atoms with van der Waals surface area (Å²) >= 11 is 1.63. The number of rotatable bonds is 4. The van der Waals surface area contributed by atoms with Crippen LogP contribution in [0, 0.1) is 0 Å². The Kier molecular flexibility index (Phi) is 4.47. The average molecular weight is 163 g/mol. The van der Waals surface area contributed by atoms with Crippen molar-refractivity contribution in [3.8, 4) is 0 Å². The van der Waals surface area contributed by atoms with Crippen LogP contribution in [0.4, 0.5) is 0 Å². The zero-order valence-corrected chi connectivity index (χ0v) is 7.02. The summed E-state index contributed by atoms with van der Waals surface area (Å²) in [4.78, 5) is 10.2. The Hall–Kier alpha value is -0.220. The van der Waals surface area contributed by atoms with Crippen molar-refractivity contribution in [3.63, 3.8) is 0 Å². The van der Waals surface area contributed by atoms with E-state index in [9.17, 15) is 4.79 Å². The first-order valence-corrected chi connectivity index (χ1v) is 4.38. The standard InChI is InChI=1S/C6H13NO2S/c1-4(10-2)3-5(7)6(8)9/h4-5H,3,7H2,1-2H3,(H,8,9)/t4?,5-/m1/s1. The van der Waals surface area contributed by atoms with E-state index in [1.807, 2.05) is 13.2 Å². The second-order valence-electron chi connectivity index (χ2n) is 2.23. The summed E-state index contributed by atoms with van der Waals surface area (Å²) in [6.45, 7) is 1.97. The largest absolute Gasteiger partial charge is 0.480 e. The Bertz CT molecular complexity index is 118. The molecule has 3 nitrogen and oxygen atoms in total. The molecule has 0 saturated carbocycles. The van der Waals surface area contributed by atoms with Gasteiger partial charge in [0.05, 0.1) is 0 Å². The lowest BCUT2D eigenvalue weighted by Crippen LogP contribution is -2.32. The Morgan fingerprint density at radius 1 is 1.80 bits per heavy atom. The second-order valence-corrected chi connectivity index (χ2v) is 3.50. The molecule has 0 heterocycles. The minimum absolute atomic E-state index is 0.325. The molecule has 0 rings (SSSR count). The van der Waals surface area contributed by atoms with Gasteiger partial charge in [-0.2, -0.15) is 11.8 Å². The Balaban J connectivity index is 3.56. The van der Waals surface area contributed by atoms with Gasteiger partial charge in [0, 0.05) is 5.25 Å². The van der Waals surface area contributed by atoms with E-state index in [1.165, 1.54) is 0 Å². The second kappa shape index (κ2) is 4.57. The van der Waals surface area contributed by atoms with Gasteiger partial charge in [0.15, 0.2) is 0 Å². The van der Waals surface area contributed by atoms with E-state index < -0.39 is 12.0 Å². The van der Waals surface area contributed by atoms with Crippen LogP contribution in [0.25, 0.3) is 0 Å². The molecule has 0 aliphatic rings. The third kappa shape index (κ3) is 3.74. The Morgan fingerprint density at radius 3 is 2.60 bits per heavy atom. The molecular weight excluding hydrogens is 150 g/mol. The molecule has 0 amide bonds. The summed E-state index contributed by atoms with van der Waals surface area (Å²) in [5, 5.41) is 8.72. The highest BCUT2D eigenvalue weighted by Gasteiger charge is 2.14. The number of aliphatic carboxylic acids is 1. The van der Waals surface area contributed by atoms with Crippen molar-refractivity contribution in [3.05, 3.63) is 0 Å². The van der Waals surface area contributed by atoms with Crippen molar-refractivity contribution in [2.45, 2.75) is 24.6 Å². The van der Waals surface area contributed by atoms with Crippen molar-refractivity contribution >= 4 is 17.7 Å². The van der Waals surface area contributed by atoms with E-state index in [4.69, 9.17) is 10.8 Å². The minimum Gasteiger partial charge on any atom is -0.480 e. The number of nitrogens with two attached hydrogens (primary N) is 1. The summed E-state index contributed by atoms with van der Waals surface area (Å²) in [7, 11) is 0. The first kappa shape index (κ1) is 9.78. The van der Waals surface area contributed by atoms with E-state index in [1.54, 1.807) is 11.8 Å². The normalized spacial score (nSPS) is 16.3. The number of hydrogen-bond acceptors (Lipinski definition) is 3. The van der Waals surface area contributed by atoms with Crippen molar-refractivity contribution < 1.29 is 9.90 Å². The first-order valence-electron chi connectivity index (χ1n) is 3.09. The summed E-state index contributed by atoms with van der Waals surface area (Å²) in [5.74, 6) is -0.916. The molecule has 0 radical (unpaired) electrons. The van der Waals surface area contributed by atoms with Crippen LogP contribution >= 0.6 is 11.8 Å². The van der Waals surface area contributed by atoms with E-state index in [0.29, 0.717) is 11.7 Å². The summed E-state index contributed by atoms with van der Waals surface area (Å²) in [5.41, 5.74) is 5.28. The van der Waals surface area contributed by atoms with E-state index in [-0.39, 0.29) is 0 Å². The van der Waals surface area contributed by atoms with Crippen LogP contribution in [0.5, 0.6) is 0 Å². The fraction of sp³-hybridized carbons (Fsp3) is 0.833. The Morgan fingerprint density at radius 2 is 2.30 bits per heavy atom. The Labute approximate surface area is 65.0 Å². The smallest absolute Gasteiger partial charge is 0.320 e. The van der Waals surface area contributed by atoms with Crippen molar-refractivity contribution in [1.82, 2.24) is 0 Å². The van der Waals surface area contributed by atoms with Crippen molar-refractivity contribution in [2.75, 3.05) is 6.26 Å². The molecule has 0 aromatic rings. The molecule has 0 bridgehead atoms. The quantitative estimate of drug-likeness (QED) is 0.635. The van der Waals surface area contributed by atoms with Crippen LogP contribution in [0.15, 0.2) is 0 Å². The number of thioether (sulfide) groups is 1. The van der Waals surface area contributed by atoms with Gasteiger partial charge in [-0.15, -0.1) is 0 Å². The molecule has 0 aromatic heterocycles. The molecule has 1 unspecified atom stereocenters. The minimum atomic E-state index is -0.916. The van der Waals surface area contributed by atoms with Crippen LogP contribution in [-0.4, -0.2) is 28.6 Å². The van der Waals surface area contributed by atoms with E-state index in [2.05, 4.69) is 0 Å². The summed E-state index contributed by atoms with van der Waals surface area (Å²) in [6, 6.07) is -0.706. The fourth-order valence-electron chi connectivity index (χ4n) is 0.555. The maximum atomic E-state index is 10.2. The molecule has 0 saturated heterocycles. The van der Waals surface area contributed by atoms with Gasteiger partial charge in [0.2, 0.25) is 0 Å². The van der Waals surface area contributed by atoms with Crippen molar-refractivity contribution in [1.29, 1.82) is 0 Å². The van der Waals surface area contributed by atoms with Gasteiger partial charge in [-0.1, -0.05) is 6.92 Å². The highest BCUT2D eigenvalue weighted by molar-refractivity contribution is 7.99. The molecular formula is C6H13NO2S. The highest BCUT2D eigenvalue weighted by atomic mass is 32.2. The predicted octanol–water partition coefficient (Wildman–Crippen LogP) is 0.540. The molecule has 10 heavy (non-hydrogen) atoms. The topological polar surface area (TPSA) is 63.3 Å². The van der Waals surface area contributed by atoms with Gasteiger partial charge in [-0.25, -0.2) is 0 Å². The summed E-state index contributed by atoms with van der Waals surface area (Å²) in [6.07, 6.45) is 2.48. The molecule has 0 spiro atoms. The zero-order chi connectivity index (χ0) is 8.15. The van der Waals surface area contributed by atoms with Crippen LogP contribution in [0.3, 0.4) is 0 Å². The van der Waals surface area contributed by atoms with E-state index >= 15 is 0 Å². The van der Waals surface area contributed by atoms with Gasteiger partial charge in [-0.3, -0.25) is 4.79 Å². The lowest BCUT2D eigenvalue weighted by atomic mass is 10.2. The van der Waals surface area contributed by atoms with Crippen LogP contribution in [0.2, 0.25) is 0 Å². The summed E-state index contributed by atoms with van der Waals surface area (Å²) < 4.78 is 0. The van der Waals surface area contributed by atoms with Crippen LogP contribution in [0.1, 0.15) is 13.3 Å². The zero-order valence-electron chi connectivity index (χ0n) is 6.20. The lowest BCUT2D eigenvalue weighted by Gasteiger charge is -2.10. The number of carboxylic acids is 1. The van der Waals surface area contributed by atoms with Gasteiger partial charge in [0.1, 0.15) is 6.04 Å². The maximum Gasteiger partial charge on any atom is 0.320 e. The van der Waals surface area contributed by atoms with Crippen LogP contribution in [-0.2, 0) is 4.79 Å². The average Bonchev–Trinajstić information content (AvgIpc) is 1.87. The third-order valence-electron chi connectivity index (χ3n) is 1.31. The molecule has 60 valence electrons. The highest BCUT2D eigenvalue weighted by Crippen LogP contribution is 2.10. The molecule has 0 aliphatic carbocycles. The third-order valence-corrected chi connectivity index (χ3v) is 2.30. The van der Waals surface area contributed by atoms with Crippen molar-refractivity contribution in [2.24, 2.45) is 5.73 Å². The van der Waals surface area contributed by atoms with Gasteiger partial charge in [0.25, 0.3) is 0 Å². The van der Waals surface area contributed by atoms with Crippen LogP contribution < -0.4 is 5.73 Å². The lowest BCUT2D eigenvalue weighted by molar-refractivity contribution is -0.138. The molecule has 4 heteroatoms. The maximum absolute atomic E-state index is 10.2. The SMILES string of the molecule is CSC(C)C[C@@H](N)C(=O)O. The monoisotopic (exact) mass is 163 g/mol. The molecule has 3 N–H and O–H groups in total. The predicted molar refractivity (Wildman–Crippen MR) is 43.2 cm³/mol. The number of carbonyl (C=O) groups is 1. The van der Waals surface area contributed by atoms with Gasteiger partial charge < -0.3 is 10.8 Å². The number of carboxylic acid groups (broad SMARTS) is 1.